The topological polar surface area (TPSA) is 38.9 Å². The van der Waals surface area contributed by atoms with Crippen molar-refractivity contribution in [2.45, 2.75) is 12.5 Å². The van der Waals surface area contributed by atoms with Crippen molar-refractivity contribution in [3.05, 3.63) is 51.4 Å². The maximum Gasteiger partial charge on any atom is 0.152 e. The minimum Gasteiger partial charge on any atom is -0.322 e. The molecule has 2 rings (SSSR count). The van der Waals surface area contributed by atoms with E-state index in [9.17, 15) is 0 Å². The second-order valence-corrected chi connectivity index (χ2v) is 4.39. The molecular weight excluding hydrogens is 228 g/mol. The first-order valence-corrected chi connectivity index (χ1v) is 5.83. The average Bonchev–Trinajstić information content (AvgIpc) is 2.74. The first-order valence-electron chi connectivity index (χ1n) is 4.57. The predicted octanol–water partition coefficient (Wildman–Crippen LogP) is 2.84. The van der Waals surface area contributed by atoms with E-state index in [1.165, 1.54) is 16.9 Å². The molecule has 0 saturated heterocycles. The number of aromatic nitrogens is 1. The zero-order valence-corrected chi connectivity index (χ0v) is 9.55. The number of hydrogen-bond acceptors (Lipinski definition) is 3. The Morgan fingerprint density at radius 1 is 1.40 bits per heavy atom. The summed E-state index contributed by atoms with van der Waals surface area (Å²) in [5.74, 6) is 0. The Balaban J connectivity index is 2.06. The molecule has 0 saturated carbocycles. The first-order chi connectivity index (χ1) is 7.25. The van der Waals surface area contributed by atoms with Gasteiger partial charge in [-0.2, -0.15) is 0 Å². The second kappa shape index (κ2) is 4.75. The van der Waals surface area contributed by atoms with Crippen LogP contribution in [0.4, 0.5) is 0 Å². The fourth-order valence-corrected chi connectivity index (χ4v) is 2.03. The third-order valence-electron chi connectivity index (χ3n) is 2.16. The van der Waals surface area contributed by atoms with Crippen molar-refractivity contribution in [1.82, 2.24) is 4.98 Å². The van der Waals surface area contributed by atoms with Gasteiger partial charge in [0.25, 0.3) is 0 Å². The molecule has 0 bridgehead atoms. The van der Waals surface area contributed by atoms with Crippen molar-refractivity contribution in [2.75, 3.05) is 0 Å². The van der Waals surface area contributed by atoms with Crippen molar-refractivity contribution in [2.24, 2.45) is 5.73 Å². The second-order valence-electron chi connectivity index (χ2n) is 3.30. The molecule has 2 N–H and O–H groups in total. The van der Waals surface area contributed by atoms with Gasteiger partial charge in [0, 0.05) is 10.4 Å². The third kappa shape index (κ3) is 2.78. The lowest BCUT2D eigenvalue weighted by Crippen LogP contribution is -2.13. The molecule has 1 heterocycles. The molecule has 0 aliphatic rings. The highest BCUT2D eigenvalue weighted by Gasteiger charge is 2.08. The molecule has 0 spiro atoms. The summed E-state index contributed by atoms with van der Waals surface area (Å²) in [4.78, 5) is 4.07. The summed E-state index contributed by atoms with van der Waals surface area (Å²) in [5, 5.41) is 2.68. The largest absolute Gasteiger partial charge is 0.322 e. The predicted molar refractivity (Wildman–Crippen MR) is 63.0 cm³/mol. The van der Waals surface area contributed by atoms with Crippen LogP contribution in [0.3, 0.4) is 0 Å². The smallest absolute Gasteiger partial charge is 0.152 e. The lowest BCUT2D eigenvalue weighted by Gasteiger charge is -2.08. The maximum atomic E-state index is 6.00. The fourth-order valence-electron chi connectivity index (χ4n) is 1.34. The number of halogens is 1. The Labute approximate surface area is 97.7 Å². The van der Waals surface area contributed by atoms with E-state index in [1.807, 2.05) is 29.6 Å². The van der Waals surface area contributed by atoms with Gasteiger partial charge in [0.2, 0.25) is 0 Å². The van der Waals surface area contributed by atoms with Crippen LogP contribution in [-0.4, -0.2) is 4.98 Å². The SMILES string of the molecule is NC(Cc1ccc(Cl)cc1)c1cs[c]n1. The van der Waals surface area contributed by atoms with E-state index in [0.717, 1.165) is 17.1 Å². The van der Waals surface area contributed by atoms with Gasteiger partial charge in [0.1, 0.15) is 0 Å². The van der Waals surface area contributed by atoms with Crippen LogP contribution in [0.25, 0.3) is 0 Å². The van der Waals surface area contributed by atoms with Crippen LogP contribution in [0, 0.1) is 5.51 Å². The molecule has 0 aliphatic carbocycles. The molecule has 0 aliphatic heterocycles. The monoisotopic (exact) mass is 237 g/mol. The summed E-state index contributed by atoms with van der Waals surface area (Å²) in [6.07, 6.45) is 0.773. The Kier molecular flexibility index (Phi) is 3.36. The van der Waals surface area contributed by atoms with Crippen LogP contribution in [0.15, 0.2) is 29.6 Å². The van der Waals surface area contributed by atoms with E-state index >= 15 is 0 Å². The van der Waals surface area contributed by atoms with Gasteiger partial charge < -0.3 is 5.73 Å². The fraction of sp³-hybridized carbons (Fsp3) is 0.182. The molecular formula is C11H10ClN2S. The zero-order chi connectivity index (χ0) is 10.7. The average molecular weight is 238 g/mol. The highest BCUT2D eigenvalue weighted by molar-refractivity contribution is 7.07. The molecule has 4 heteroatoms. The molecule has 0 fully saturated rings. The minimum atomic E-state index is -0.0614. The Morgan fingerprint density at radius 3 is 2.73 bits per heavy atom. The van der Waals surface area contributed by atoms with Crippen molar-refractivity contribution >= 4 is 22.9 Å². The molecule has 15 heavy (non-hydrogen) atoms. The van der Waals surface area contributed by atoms with E-state index in [4.69, 9.17) is 17.3 Å². The van der Waals surface area contributed by atoms with Gasteiger partial charge in [-0.05, 0) is 24.1 Å². The summed E-state index contributed by atoms with van der Waals surface area (Å²) < 4.78 is 0. The normalized spacial score (nSPS) is 12.7. The molecule has 1 aromatic carbocycles. The molecule has 2 aromatic rings. The van der Waals surface area contributed by atoms with Crippen LogP contribution < -0.4 is 5.73 Å². The van der Waals surface area contributed by atoms with Gasteiger partial charge in [0.15, 0.2) is 5.51 Å². The van der Waals surface area contributed by atoms with Gasteiger partial charge in [-0.25, -0.2) is 4.98 Å². The summed E-state index contributed by atoms with van der Waals surface area (Å²) in [6.45, 7) is 0. The van der Waals surface area contributed by atoms with Crippen LogP contribution in [0.1, 0.15) is 17.3 Å². The van der Waals surface area contributed by atoms with Crippen LogP contribution in [0.2, 0.25) is 5.02 Å². The number of thiazole rings is 1. The van der Waals surface area contributed by atoms with Gasteiger partial charge in [-0.15, -0.1) is 11.3 Å². The third-order valence-corrected chi connectivity index (χ3v) is 2.96. The van der Waals surface area contributed by atoms with Crippen molar-refractivity contribution in [1.29, 1.82) is 0 Å². The van der Waals surface area contributed by atoms with Crippen molar-refractivity contribution in [3.8, 4) is 0 Å². The molecule has 1 radical (unpaired) electrons. The maximum absolute atomic E-state index is 6.00. The van der Waals surface area contributed by atoms with E-state index in [-0.39, 0.29) is 6.04 Å². The Hall–Kier alpha value is -0.900. The number of rotatable bonds is 3. The van der Waals surface area contributed by atoms with Crippen molar-refractivity contribution in [3.63, 3.8) is 0 Å². The molecule has 1 aromatic heterocycles. The summed E-state index contributed by atoms with van der Waals surface area (Å²) in [6, 6.07) is 7.65. The summed E-state index contributed by atoms with van der Waals surface area (Å²) in [5.41, 5.74) is 10.9. The highest BCUT2D eigenvalue weighted by atomic mass is 35.5. The molecule has 2 nitrogen and oxygen atoms in total. The van der Waals surface area contributed by atoms with Crippen LogP contribution in [0.5, 0.6) is 0 Å². The minimum absolute atomic E-state index is 0.0614. The summed E-state index contributed by atoms with van der Waals surface area (Å²) in [7, 11) is 0. The summed E-state index contributed by atoms with van der Waals surface area (Å²) >= 11 is 7.24. The van der Waals surface area contributed by atoms with Gasteiger partial charge in [0.05, 0.1) is 11.7 Å². The zero-order valence-electron chi connectivity index (χ0n) is 7.98. The Morgan fingerprint density at radius 2 is 2.13 bits per heavy atom. The number of hydrogen-bond donors (Lipinski definition) is 1. The number of benzene rings is 1. The van der Waals surface area contributed by atoms with Crippen molar-refractivity contribution < 1.29 is 0 Å². The lowest BCUT2D eigenvalue weighted by atomic mass is 10.1. The number of nitrogens with two attached hydrogens (primary N) is 1. The standard InChI is InChI=1S/C11H10ClN2S/c12-9-3-1-8(2-4-9)5-10(13)11-6-15-7-14-11/h1-4,6,10H,5,13H2. The Bertz CT molecular complexity index is 411. The van der Waals surface area contributed by atoms with E-state index in [0.29, 0.717) is 0 Å². The van der Waals surface area contributed by atoms with E-state index < -0.39 is 0 Å². The number of nitrogens with zero attached hydrogens (tertiary/aromatic N) is 1. The van der Waals surface area contributed by atoms with Gasteiger partial charge in [-0.1, -0.05) is 23.7 Å². The molecule has 1 unspecified atom stereocenters. The highest BCUT2D eigenvalue weighted by Crippen LogP contribution is 2.17. The lowest BCUT2D eigenvalue weighted by molar-refractivity contribution is 0.701. The van der Waals surface area contributed by atoms with Crippen LogP contribution >= 0.6 is 22.9 Å². The van der Waals surface area contributed by atoms with Gasteiger partial charge >= 0.3 is 0 Å². The first kappa shape index (κ1) is 10.6. The quantitative estimate of drug-likeness (QED) is 0.892. The van der Waals surface area contributed by atoms with E-state index in [1.54, 1.807) is 0 Å². The molecule has 1 atom stereocenters. The van der Waals surface area contributed by atoms with E-state index in [2.05, 4.69) is 10.5 Å². The van der Waals surface area contributed by atoms with Crippen LogP contribution in [-0.2, 0) is 6.42 Å². The van der Waals surface area contributed by atoms with Gasteiger partial charge in [-0.3, -0.25) is 0 Å². The molecule has 0 amide bonds. The molecule has 77 valence electrons.